The summed E-state index contributed by atoms with van der Waals surface area (Å²) in [6.07, 6.45) is 16.5. The van der Waals surface area contributed by atoms with Crippen LogP contribution in [0.25, 0.3) is 0 Å². The Labute approximate surface area is 199 Å². The van der Waals surface area contributed by atoms with E-state index in [1.54, 1.807) is 5.57 Å². The van der Waals surface area contributed by atoms with Crippen molar-refractivity contribution in [2.75, 3.05) is 0 Å². The molecule has 3 saturated carbocycles. The molecule has 0 saturated heterocycles. The summed E-state index contributed by atoms with van der Waals surface area (Å²) in [4.78, 5) is 0. The standard InChI is InChI=1S/C27H47IN2/c1-18(2)7-6-8-23(28)27(30)14-12-21-22-10-9-20-17-19(3)11-13-24(20,4)26(22,29)16-15-25(21,27)5/h9,18-19,21-23H,6-8,10-17,29-30H2,1-5H3/t19-,21-,22?,23+,24-,25-,26+,27-/m0/s1. The summed E-state index contributed by atoms with van der Waals surface area (Å²) in [5.41, 5.74) is 17.0. The average Bonchev–Trinajstić information content (AvgIpc) is 2.95. The summed E-state index contributed by atoms with van der Waals surface area (Å²) in [5, 5.41) is 0. The molecule has 4 N–H and O–H groups in total. The van der Waals surface area contributed by atoms with Gasteiger partial charge in [0.25, 0.3) is 0 Å². The first-order valence-corrected chi connectivity index (χ1v) is 14.1. The van der Waals surface area contributed by atoms with E-state index in [9.17, 15) is 0 Å². The molecule has 2 nitrogen and oxygen atoms in total. The fourth-order valence-corrected chi connectivity index (χ4v) is 9.93. The molecule has 8 atom stereocenters. The lowest BCUT2D eigenvalue weighted by Crippen LogP contribution is -2.70. The summed E-state index contributed by atoms with van der Waals surface area (Å²) in [6.45, 7) is 12.2. The molecule has 3 heteroatoms. The highest BCUT2D eigenvalue weighted by Crippen LogP contribution is 2.68. The van der Waals surface area contributed by atoms with Gasteiger partial charge in [-0.1, -0.05) is 81.7 Å². The van der Waals surface area contributed by atoms with Gasteiger partial charge in [-0.05, 0) is 86.9 Å². The van der Waals surface area contributed by atoms with Gasteiger partial charge in [0, 0.05) is 20.4 Å². The van der Waals surface area contributed by atoms with Crippen molar-refractivity contribution in [1.82, 2.24) is 0 Å². The largest absolute Gasteiger partial charge is 0.324 e. The quantitative estimate of drug-likeness (QED) is 0.230. The van der Waals surface area contributed by atoms with E-state index in [-0.39, 0.29) is 21.9 Å². The molecule has 0 aromatic heterocycles. The second-order valence-electron chi connectivity index (χ2n) is 12.7. The summed E-state index contributed by atoms with van der Waals surface area (Å²) in [5.74, 6) is 2.93. The summed E-state index contributed by atoms with van der Waals surface area (Å²) in [6, 6.07) is 0. The van der Waals surface area contributed by atoms with E-state index in [0.717, 1.165) is 11.8 Å². The summed E-state index contributed by atoms with van der Waals surface area (Å²) in [7, 11) is 0. The predicted molar refractivity (Wildman–Crippen MR) is 138 cm³/mol. The molecule has 0 aromatic carbocycles. The number of alkyl halides is 1. The molecule has 0 bridgehead atoms. The van der Waals surface area contributed by atoms with Crippen LogP contribution in [0.5, 0.6) is 0 Å². The third-order valence-corrected chi connectivity index (χ3v) is 12.5. The molecule has 0 radical (unpaired) electrons. The molecular weight excluding hydrogens is 479 g/mol. The Morgan fingerprint density at radius 2 is 1.77 bits per heavy atom. The van der Waals surface area contributed by atoms with Crippen LogP contribution in [0.15, 0.2) is 11.6 Å². The molecular formula is C27H47IN2. The van der Waals surface area contributed by atoms with Crippen LogP contribution in [0.3, 0.4) is 0 Å². The first kappa shape index (κ1) is 23.5. The zero-order valence-electron chi connectivity index (χ0n) is 20.3. The smallest absolute Gasteiger partial charge is 0.0330 e. The Kier molecular flexibility index (Phi) is 6.28. The van der Waals surface area contributed by atoms with E-state index in [2.05, 4.69) is 63.3 Å². The van der Waals surface area contributed by atoms with Crippen LogP contribution in [0.4, 0.5) is 0 Å². The van der Waals surface area contributed by atoms with E-state index in [0.29, 0.717) is 15.8 Å². The molecule has 4 aliphatic rings. The molecule has 4 rings (SSSR count). The number of hydrogen-bond donors (Lipinski definition) is 2. The number of halogens is 1. The van der Waals surface area contributed by atoms with Crippen LogP contribution in [-0.4, -0.2) is 15.0 Å². The van der Waals surface area contributed by atoms with Crippen molar-refractivity contribution in [3.05, 3.63) is 11.6 Å². The van der Waals surface area contributed by atoms with Gasteiger partial charge in [-0.3, -0.25) is 0 Å². The van der Waals surface area contributed by atoms with Gasteiger partial charge in [0.1, 0.15) is 0 Å². The Bertz CT molecular complexity index is 688. The average molecular weight is 527 g/mol. The van der Waals surface area contributed by atoms with Crippen LogP contribution in [0.1, 0.15) is 105 Å². The molecule has 1 unspecified atom stereocenters. The van der Waals surface area contributed by atoms with Gasteiger partial charge in [-0.2, -0.15) is 0 Å². The Morgan fingerprint density at radius 1 is 1.03 bits per heavy atom. The molecule has 0 heterocycles. The van der Waals surface area contributed by atoms with Crippen molar-refractivity contribution in [3.63, 3.8) is 0 Å². The minimum absolute atomic E-state index is 0.0228. The number of allylic oxidation sites excluding steroid dienone is 1. The molecule has 0 spiro atoms. The van der Waals surface area contributed by atoms with Gasteiger partial charge in [0.2, 0.25) is 0 Å². The highest BCUT2D eigenvalue weighted by atomic mass is 127. The number of hydrogen-bond acceptors (Lipinski definition) is 2. The maximum absolute atomic E-state index is 7.51. The van der Waals surface area contributed by atoms with Crippen molar-refractivity contribution < 1.29 is 0 Å². The van der Waals surface area contributed by atoms with Gasteiger partial charge < -0.3 is 11.5 Å². The van der Waals surface area contributed by atoms with Crippen molar-refractivity contribution in [2.24, 2.45) is 46.0 Å². The second kappa shape index (κ2) is 8.01. The molecule has 3 fully saturated rings. The van der Waals surface area contributed by atoms with Crippen LogP contribution in [0, 0.1) is 34.5 Å². The number of rotatable bonds is 5. The lowest BCUT2D eigenvalue weighted by atomic mass is 9.43. The van der Waals surface area contributed by atoms with E-state index < -0.39 is 0 Å². The van der Waals surface area contributed by atoms with E-state index in [4.69, 9.17) is 11.5 Å². The highest BCUT2D eigenvalue weighted by molar-refractivity contribution is 14.1. The molecule has 4 aliphatic carbocycles. The van der Waals surface area contributed by atoms with Crippen LogP contribution in [0.2, 0.25) is 0 Å². The molecule has 30 heavy (non-hydrogen) atoms. The fourth-order valence-electron chi connectivity index (χ4n) is 8.46. The molecule has 0 aliphatic heterocycles. The first-order chi connectivity index (χ1) is 14.0. The van der Waals surface area contributed by atoms with E-state index in [1.165, 1.54) is 70.6 Å². The minimum Gasteiger partial charge on any atom is -0.324 e. The van der Waals surface area contributed by atoms with Gasteiger partial charge in [-0.25, -0.2) is 0 Å². The molecule has 172 valence electrons. The van der Waals surface area contributed by atoms with Crippen molar-refractivity contribution in [3.8, 4) is 0 Å². The Morgan fingerprint density at radius 3 is 2.47 bits per heavy atom. The normalized spacial score (nSPS) is 49.2. The Hall–Kier alpha value is 0.390. The molecule has 0 aromatic rings. The maximum Gasteiger partial charge on any atom is 0.0330 e. The minimum atomic E-state index is -0.0253. The second-order valence-corrected chi connectivity index (χ2v) is 14.2. The van der Waals surface area contributed by atoms with Gasteiger partial charge in [0.15, 0.2) is 0 Å². The van der Waals surface area contributed by atoms with E-state index >= 15 is 0 Å². The zero-order valence-corrected chi connectivity index (χ0v) is 22.4. The number of nitrogens with two attached hydrogens (primary N) is 2. The number of fused-ring (bicyclic) bond motifs is 5. The fraction of sp³-hybridized carbons (Fsp3) is 0.926. The van der Waals surface area contributed by atoms with Crippen molar-refractivity contribution >= 4 is 22.6 Å². The zero-order chi connectivity index (χ0) is 21.9. The van der Waals surface area contributed by atoms with Crippen LogP contribution in [-0.2, 0) is 0 Å². The lowest BCUT2D eigenvalue weighted by Gasteiger charge is -2.65. The Balaban J connectivity index is 1.59. The SMILES string of the molecule is CC(C)CCC[C@@H](I)[C@@]1(N)CC[C@H]2C3CC=C4C[C@@H](C)CC[C@]4(C)[C@@]3(N)CC[C@@]21C. The van der Waals surface area contributed by atoms with Gasteiger partial charge >= 0.3 is 0 Å². The maximum atomic E-state index is 7.51. The van der Waals surface area contributed by atoms with Crippen molar-refractivity contribution in [2.45, 2.75) is 120 Å². The van der Waals surface area contributed by atoms with E-state index in [1.807, 2.05) is 0 Å². The summed E-state index contributed by atoms with van der Waals surface area (Å²) >= 11 is 2.72. The monoisotopic (exact) mass is 526 g/mol. The van der Waals surface area contributed by atoms with Gasteiger partial charge in [0.05, 0.1) is 0 Å². The third kappa shape index (κ3) is 3.30. The van der Waals surface area contributed by atoms with Crippen LogP contribution < -0.4 is 11.5 Å². The molecule has 0 amide bonds. The topological polar surface area (TPSA) is 52.0 Å². The lowest BCUT2D eigenvalue weighted by molar-refractivity contribution is -0.0689. The summed E-state index contributed by atoms with van der Waals surface area (Å²) < 4.78 is 0.579. The van der Waals surface area contributed by atoms with Crippen LogP contribution >= 0.6 is 22.6 Å². The van der Waals surface area contributed by atoms with Crippen molar-refractivity contribution in [1.29, 1.82) is 0 Å². The highest BCUT2D eigenvalue weighted by Gasteiger charge is 2.68. The predicted octanol–water partition coefficient (Wildman–Crippen LogP) is 6.99. The van der Waals surface area contributed by atoms with Gasteiger partial charge in [-0.15, -0.1) is 0 Å². The third-order valence-electron chi connectivity index (χ3n) is 10.8. The first-order valence-electron chi connectivity index (χ1n) is 12.9.